The van der Waals surface area contributed by atoms with Gasteiger partial charge in [-0.1, -0.05) is 32.1 Å². The highest BCUT2D eigenvalue weighted by atomic mass is 127. The van der Waals surface area contributed by atoms with Crippen LogP contribution in [-0.4, -0.2) is 5.78 Å². The number of hydrogen-bond donors (Lipinski definition) is 0. The molecule has 1 saturated carbocycles. The Balaban J connectivity index is 1.76. The number of fused-ring (bicyclic) bond motifs is 5. The van der Waals surface area contributed by atoms with E-state index in [1.54, 1.807) is 3.58 Å². The highest BCUT2D eigenvalue weighted by molar-refractivity contribution is 14.1. The van der Waals surface area contributed by atoms with Crippen LogP contribution in [0.15, 0.2) is 33.5 Å². The maximum absolute atomic E-state index is 11.8. The van der Waals surface area contributed by atoms with Crippen LogP contribution in [0.1, 0.15) is 46.0 Å². The Hall–Kier alpha value is -0.380. The average Bonchev–Trinajstić information content (AvgIpc) is 2.76. The van der Waals surface area contributed by atoms with Crippen LogP contribution in [0.25, 0.3) is 0 Å². The summed E-state index contributed by atoms with van der Waals surface area (Å²) < 4.78 is 1.59. The maximum atomic E-state index is 11.8. The zero-order chi connectivity index (χ0) is 14.8. The van der Waals surface area contributed by atoms with Crippen LogP contribution >= 0.6 is 22.6 Å². The lowest BCUT2D eigenvalue weighted by Gasteiger charge is -2.55. The molecule has 21 heavy (non-hydrogen) atoms. The zero-order valence-electron chi connectivity index (χ0n) is 12.9. The molecule has 0 unspecified atom stereocenters. The Morgan fingerprint density at radius 3 is 2.81 bits per heavy atom. The molecular weight excluding hydrogens is 371 g/mol. The predicted molar refractivity (Wildman–Crippen MR) is 94.1 cm³/mol. The molecule has 4 rings (SSSR count). The Labute approximate surface area is 141 Å². The van der Waals surface area contributed by atoms with E-state index in [0.29, 0.717) is 17.1 Å². The number of hydrogen-bond acceptors (Lipinski definition) is 1. The van der Waals surface area contributed by atoms with Crippen LogP contribution in [0.4, 0.5) is 0 Å². The molecule has 2 heteroatoms. The molecule has 0 aromatic heterocycles. The van der Waals surface area contributed by atoms with E-state index in [1.165, 1.54) is 24.8 Å². The first-order valence-electron chi connectivity index (χ1n) is 8.24. The molecular formula is C19H23IO. The fourth-order valence-corrected chi connectivity index (χ4v) is 6.44. The molecule has 0 saturated heterocycles. The van der Waals surface area contributed by atoms with E-state index in [2.05, 4.69) is 54.7 Å². The van der Waals surface area contributed by atoms with E-state index in [0.717, 1.165) is 24.7 Å². The highest BCUT2D eigenvalue weighted by Crippen LogP contribution is 2.64. The second-order valence-electron chi connectivity index (χ2n) is 7.88. The van der Waals surface area contributed by atoms with Gasteiger partial charge in [-0.2, -0.15) is 0 Å². The van der Waals surface area contributed by atoms with Crippen molar-refractivity contribution in [1.29, 1.82) is 0 Å². The van der Waals surface area contributed by atoms with Crippen molar-refractivity contribution >= 4 is 28.4 Å². The summed E-state index contributed by atoms with van der Waals surface area (Å²) in [5.41, 5.74) is 1.96. The lowest BCUT2D eigenvalue weighted by atomic mass is 9.49. The number of carbonyl (C=O) groups is 1. The predicted octanol–water partition coefficient (Wildman–Crippen LogP) is 5.22. The van der Waals surface area contributed by atoms with Crippen molar-refractivity contribution in [2.45, 2.75) is 46.0 Å². The average molecular weight is 394 g/mol. The third-order valence-electron chi connectivity index (χ3n) is 7.00. The molecule has 0 bridgehead atoms. The van der Waals surface area contributed by atoms with Crippen LogP contribution in [0.5, 0.6) is 0 Å². The van der Waals surface area contributed by atoms with Gasteiger partial charge in [0.2, 0.25) is 0 Å². The van der Waals surface area contributed by atoms with Crippen molar-refractivity contribution in [3.05, 3.63) is 33.5 Å². The molecule has 0 aliphatic heterocycles. The van der Waals surface area contributed by atoms with Crippen molar-refractivity contribution in [3.8, 4) is 0 Å². The Morgan fingerprint density at radius 2 is 2.00 bits per heavy atom. The SMILES string of the molecule is C[C@]12CCC(=O)C=C1C=C[C@@H]1[C@@H]2CC[C@]2(C)C(I)=CC[C@@H]12. The molecule has 1 fully saturated rings. The Kier molecular flexibility index (Phi) is 3.09. The van der Waals surface area contributed by atoms with E-state index in [4.69, 9.17) is 0 Å². The van der Waals surface area contributed by atoms with E-state index < -0.39 is 0 Å². The fourth-order valence-electron chi connectivity index (χ4n) is 5.52. The summed E-state index contributed by atoms with van der Waals surface area (Å²) in [6, 6.07) is 0. The molecule has 4 aliphatic rings. The van der Waals surface area contributed by atoms with Crippen LogP contribution in [0, 0.1) is 28.6 Å². The van der Waals surface area contributed by atoms with Crippen molar-refractivity contribution in [2.24, 2.45) is 28.6 Å². The van der Waals surface area contributed by atoms with Gasteiger partial charge in [-0.05, 0) is 86.7 Å². The van der Waals surface area contributed by atoms with E-state index in [9.17, 15) is 4.79 Å². The molecule has 1 nitrogen and oxygen atoms in total. The van der Waals surface area contributed by atoms with Gasteiger partial charge in [-0.15, -0.1) is 0 Å². The summed E-state index contributed by atoms with van der Waals surface area (Å²) in [6.45, 7) is 4.90. The highest BCUT2D eigenvalue weighted by Gasteiger charge is 2.55. The first kappa shape index (κ1) is 14.2. The van der Waals surface area contributed by atoms with Crippen molar-refractivity contribution in [3.63, 3.8) is 0 Å². The minimum absolute atomic E-state index is 0.239. The third kappa shape index (κ3) is 1.83. The Morgan fingerprint density at radius 1 is 1.19 bits per heavy atom. The van der Waals surface area contributed by atoms with Crippen molar-refractivity contribution in [1.82, 2.24) is 0 Å². The van der Waals surface area contributed by atoms with E-state index in [1.807, 2.05) is 6.08 Å². The van der Waals surface area contributed by atoms with Gasteiger partial charge in [0.05, 0.1) is 0 Å². The van der Waals surface area contributed by atoms with Gasteiger partial charge in [0, 0.05) is 11.8 Å². The summed E-state index contributed by atoms with van der Waals surface area (Å²) in [6.07, 6.45) is 14.8. The molecule has 0 N–H and O–H groups in total. The van der Waals surface area contributed by atoms with Gasteiger partial charge in [0.15, 0.2) is 5.78 Å². The molecule has 5 atom stereocenters. The van der Waals surface area contributed by atoms with Crippen molar-refractivity contribution < 1.29 is 4.79 Å². The monoisotopic (exact) mass is 394 g/mol. The fraction of sp³-hybridized carbons (Fsp3) is 0.632. The first-order chi connectivity index (χ1) is 9.95. The quantitative estimate of drug-likeness (QED) is 0.515. The van der Waals surface area contributed by atoms with E-state index in [-0.39, 0.29) is 5.41 Å². The summed E-state index contributed by atoms with van der Waals surface area (Å²) in [5.74, 6) is 2.52. The molecule has 0 spiro atoms. The standard InChI is InChI=1S/C19H23IO/c1-18-9-7-13(21)11-12(18)3-4-14-15-5-6-17(20)19(15,2)10-8-16(14)18/h3-4,6,11,14-16H,5,7-10H2,1-2H3/t14-,15-,16-,18-,19-/m0/s1. The number of halogens is 1. The van der Waals surface area contributed by atoms with Gasteiger partial charge in [0.25, 0.3) is 0 Å². The van der Waals surface area contributed by atoms with Gasteiger partial charge in [0.1, 0.15) is 0 Å². The molecule has 0 aromatic carbocycles. The van der Waals surface area contributed by atoms with Crippen molar-refractivity contribution in [2.75, 3.05) is 0 Å². The normalized spacial score (nSPS) is 48.1. The number of ketones is 1. The second-order valence-corrected chi connectivity index (χ2v) is 9.04. The van der Waals surface area contributed by atoms with Gasteiger partial charge in [-0.3, -0.25) is 4.79 Å². The maximum Gasteiger partial charge on any atom is 0.156 e. The van der Waals surface area contributed by atoms with Crippen LogP contribution in [0.3, 0.4) is 0 Å². The van der Waals surface area contributed by atoms with Gasteiger partial charge >= 0.3 is 0 Å². The molecule has 0 heterocycles. The lowest BCUT2D eigenvalue weighted by molar-refractivity contribution is -0.116. The largest absolute Gasteiger partial charge is 0.295 e. The summed E-state index contributed by atoms with van der Waals surface area (Å²) in [5, 5.41) is 0. The molecule has 0 aromatic rings. The minimum atomic E-state index is 0.239. The third-order valence-corrected chi connectivity index (χ3v) is 8.67. The van der Waals surface area contributed by atoms with Crippen LogP contribution in [-0.2, 0) is 4.79 Å². The van der Waals surface area contributed by atoms with Gasteiger partial charge in [-0.25, -0.2) is 0 Å². The van der Waals surface area contributed by atoms with E-state index >= 15 is 0 Å². The topological polar surface area (TPSA) is 17.1 Å². The zero-order valence-corrected chi connectivity index (χ0v) is 15.0. The first-order valence-corrected chi connectivity index (χ1v) is 9.32. The summed E-state index contributed by atoms with van der Waals surface area (Å²) >= 11 is 2.57. The van der Waals surface area contributed by atoms with Gasteiger partial charge < -0.3 is 0 Å². The number of carbonyl (C=O) groups excluding carboxylic acids is 1. The minimum Gasteiger partial charge on any atom is -0.295 e. The lowest BCUT2D eigenvalue weighted by Crippen LogP contribution is -2.48. The summed E-state index contributed by atoms with van der Waals surface area (Å²) in [4.78, 5) is 11.8. The molecule has 0 amide bonds. The van der Waals surface area contributed by atoms with Crippen LogP contribution in [0.2, 0.25) is 0 Å². The number of rotatable bonds is 0. The summed E-state index contributed by atoms with van der Waals surface area (Å²) in [7, 11) is 0. The Bertz CT molecular complexity index is 599. The second kappa shape index (κ2) is 4.56. The molecule has 0 radical (unpaired) electrons. The molecule has 4 aliphatic carbocycles. The smallest absolute Gasteiger partial charge is 0.156 e. The van der Waals surface area contributed by atoms with Crippen LogP contribution < -0.4 is 0 Å². The number of allylic oxidation sites excluding steroid dienone is 6. The molecule has 112 valence electrons.